The van der Waals surface area contributed by atoms with Crippen LogP contribution in [0.4, 0.5) is 20.2 Å². The van der Waals surface area contributed by atoms with E-state index in [-0.39, 0.29) is 22.9 Å². The Bertz CT molecular complexity index is 694. The molecule has 0 fully saturated rings. The van der Waals surface area contributed by atoms with Crippen molar-refractivity contribution in [2.24, 2.45) is 0 Å². The van der Waals surface area contributed by atoms with E-state index in [4.69, 9.17) is 16.9 Å². The van der Waals surface area contributed by atoms with Crippen molar-refractivity contribution in [2.75, 3.05) is 11.5 Å². The van der Waals surface area contributed by atoms with E-state index in [1.807, 2.05) is 0 Å². The van der Waals surface area contributed by atoms with Crippen LogP contribution in [-0.4, -0.2) is 5.71 Å². The summed E-state index contributed by atoms with van der Waals surface area (Å²) in [6.07, 6.45) is 3.03. The molecule has 2 aromatic carbocycles. The lowest BCUT2D eigenvalue weighted by Crippen LogP contribution is -2.04. The minimum atomic E-state index is -0.617. The van der Waals surface area contributed by atoms with E-state index in [0.717, 1.165) is 6.07 Å². The van der Waals surface area contributed by atoms with Gasteiger partial charge in [0.15, 0.2) is 0 Å². The molecule has 0 saturated heterocycles. The Kier molecular flexibility index (Phi) is 3.79. The zero-order valence-electron chi connectivity index (χ0n) is 10.5. The maximum atomic E-state index is 13.2. The molecule has 20 heavy (non-hydrogen) atoms. The molecule has 0 aliphatic heterocycles. The number of allylic oxidation sites excluding steroid dienone is 1. The fourth-order valence-corrected chi connectivity index (χ4v) is 1.72. The smallest absolute Gasteiger partial charge is 0.148 e. The van der Waals surface area contributed by atoms with Gasteiger partial charge in [-0.1, -0.05) is 18.2 Å². The minimum absolute atomic E-state index is 0.0680. The van der Waals surface area contributed by atoms with Gasteiger partial charge in [-0.15, -0.1) is 0 Å². The van der Waals surface area contributed by atoms with E-state index in [0.29, 0.717) is 11.1 Å². The average Bonchev–Trinajstić information content (AvgIpc) is 2.40. The van der Waals surface area contributed by atoms with E-state index in [1.54, 1.807) is 18.2 Å². The van der Waals surface area contributed by atoms with Crippen LogP contribution in [-0.2, 0) is 0 Å². The fraction of sp³-hybridized carbons (Fsp3) is 0. The predicted molar refractivity (Wildman–Crippen MR) is 77.5 cm³/mol. The van der Waals surface area contributed by atoms with Crippen LogP contribution in [0.5, 0.6) is 0 Å². The Hall–Kier alpha value is -2.69. The third-order valence-electron chi connectivity index (χ3n) is 2.75. The number of nitrogen functional groups attached to an aromatic ring is 2. The van der Waals surface area contributed by atoms with Gasteiger partial charge >= 0.3 is 0 Å². The number of hydrogen-bond acceptors (Lipinski definition) is 3. The molecule has 0 atom stereocenters. The van der Waals surface area contributed by atoms with Gasteiger partial charge < -0.3 is 16.9 Å². The van der Waals surface area contributed by atoms with Gasteiger partial charge in [0.2, 0.25) is 0 Å². The molecule has 0 amide bonds. The third kappa shape index (κ3) is 3.00. The van der Waals surface area contributed by atoms with E-state index >= 15 is 0 Å². The summed E-state index contributed by atoms with van der Waals surface area (Å²) in [5.74, 6) is -0.975. The van der Waals surface area contributed by atoms with E-state index in [1.165, 1.54) is 24.3 Å². The summed E-state index contributed by atoms with van der Waals surface area (Å²) in [5.41, 5.74) is 12.2. The highest BCUT2D eigenvalue weighted by Crippen LogP contribution is 2.20. The van der Waals surface area contributed by atoms with Gasteiger partial charge in [-0.25, -0.2) is 8.78 Å². The molecule has 0 bridgehead atoms. The van der Waals surface area contributed by atoms with Crippen molar-refractivity contribution < 1.29 is 8.78 Å². The Morgan fingerprint density at radius 3 is 2.50 bits per heavy atom. The molecule has 0 radical (unpaired) electrons. The highest BCUT2D eigenvalue weighted by molar-refractivity contribution is 6.12. The molecule has 2 rings (SSSR count). The second-order valence-electron chi connectivity index (χ2n) is 4.26. The van der Waals surface area contributed by atoms with Gasteiger partial charge in [0.1, 0.15) is 11.6 Å². The van der Waals surface area contributed by atoms with Crippen LogP contribution >= 0.6 is 0 Å². The lowest BCUT2D eigenvalue weighted by Gasteiger charge is -2.06. The van der Waals surface area contributed by atoms with Crippen molar-refractivity contribution in [2.45, 2.75) is 0 Å². The Morgan fingerprint density at radius 2 is 1.80 bits per heavy atom. The Morgan fingerprint density at radius 1 is 1.05 bits per heavy atom. The predicted octanol–water partition coefficient (Wildman–Crippen LogP) is 3.21. The monoisotopic (exact) mass is 273 g/mol. The fourth-order valence-electron chi connectivity index (χ4n) is 1.72. The number of hydrogen-bond donors (Lipinski definition) is 3. The van der Waals surface area contributed by atoms with Crippen molar-refractivity contribution in [1.82, 2.24) is 0 Å². The van der Waals surface area contributed by atoms with E-state index < -0.39 is 5.82 Å². The average molecular weight is 273 g/mol. The van der Waals surface area contributed by atoms with Gasteiger partial charge in [0.25, 0.3) is 0 Å². The van der Waals surface area contributed by atoms with Crippen LogP contribution in [0.1, 0.15) is 11.1 Å². The Balaban J connectivity index is 2.27. The molecular weight excluding hydrogens is 260 g/mol. The topological polar surface area (TPSA) is 75.9 Å². The molecule has 0 aliphatic rings. The Labute approximate surface area is 115 Å². The highest BCUT2D eigenvalue weighted by atomic mass is 19.1. The number of benzene rings is 2. The van der Waals surface area contributed by atoms with Gasteiger partial charge in [0, 0.05) is 11.3 Å². The number of rotatable bonds is 3. The van der Waals surface area contributed by atoms with Crippen LogP contribution in [0.25, 0.3) is 6.08 Å². The van der Waals surface area contributed by atoms with Gasteiger partial charge in [-0.2, -0.15) is 0 Å². The second-order valence-corrected chi connectivity index (χ2v) is 4.26. The van der Waals surface area contributed by atoms with Crippen molar-refractivity contribution in [3.05, 3.63) is 65.2 Å². The second kappa shape index (κ2) is 5.52. The third-order valence-corrected chi connectivity index (χ3v) is 2.75. The minimum Gasteiger partial charge on any atom is -0.398 e. The number of nitrogens with two attached hydrogens (primary N) is 2. The molecule has 0 aromatic heterocycles. The molecule has 0 unspecified atom stereocenters. The van der Waals surface area contributed by atoms with Crippen LogP contribution in [0, 0.1) is 17.0 Å². The molecule has 0 spiro atoms. The maximum Gasteiger partial charge on any atom is 0.148 e. The van der Waals surface area contributed by atoms with Crippen LogP contribution in [0.3, 0.4) is 0 Å². The summed E-state index contributed by atoms with van der Waals surface area (Å²) in [4.78, 5) is 0. The zero-order valence-corrected chi connectivity index (χ0v) is 10.5. The first-order valence-corrected chi connectivity index (χ1v) is 5.84. The first-order chi connectivity index (χ1) is 9.47. The van der Waals surface area contributed by atoms with Crippen LogP contribution in [0.15, 0.2) is 42.5 Å². The lowest BCUT2D eigenvalue weighted by molar-refractivity contribution is 0.627. The van der Waals surface area contributed by atoms with Gasteiger partial charge in [-0.3, -0.25) is 0 Å². The molecule has 102 valence electrons. The maximum absolute atomic E-state index is 13.2. The summed E-state index contributed by atoms with van der Waals surface area (Å²) in [7, 11) is 0. The SMILES string of the molecule is N=C(/C=C/c1cccc(F)c1)c1cc(N)c(F)cc1N. The molecule has 0 heterocycles. The number of halogens is 2. The number of anilines is 2. The molecule has 5 heteroatoms. The van der Waals surface area contributed by atoms with Gasteiger partial charge in [-0.05, 0) is 35.9 Å². The largest absolute Gasteiger partial charge is 0.398 e. The van der Waals surface area contributed by atoms with E-state index in [9.17, 15) is 8.78 Å². The molecule has 0 saturated carbocycles. The quantitative estimate of drug-likeness (QED) is 0.593. The van der Waals surface area contributed by atoms with Crippen molar-refractivity contribution in [1.29, 1.82) is 5.41 Å². The molecule has 2 aromatic rings. The summed E-state index contributed by atoms with van der Waals surface area (Å²) < 4.78 is 26.2. The molecular formula is C15H13F2N3. The summed E-state index contributed by atoms with van der Waals surface area (Å²) >= 11 is 0. The molecule has 5 N–H and O–H groups in total. The lowest BCUT2D eigenvalue weighted by atomic mass is 10.1. The van der Waals surface area contributed by atoms with Crippen molar-refractivity contribution in [3.8, 4) is 0 Å². The number of nitrogens with one attached hydrogen (secondary N) is 1. The van der Waals surface area contributed by atoms with Crippen molar-refractivity contribution >= 4 is 23.2 Å². The van der Waals surface area contributed by atoms with Crippen LogP contribution in [0.2, 0.25) is 0 Å². The summed E-state index contributed by atoms with van der Waals surface area (Å²) in [6.45, 7) is 0. The first-order valence-electron chi connectivity index (χ1n) is 5.84. The molecule has 3 nitrogen and oxygen atoms in total. The summed E-state index contributed by atoms with van der Waals surface area (Å²) in [5, 5.41) is 7.90. The first kappa shape index (κ1) is 13.7. The summed E-state index contributed by atoms with van der Waals surface area (Å²) in [6, 6.07) is 8.34. The van der Waals surface area contributed by atoms with Gasteiger partial charge in [0.05, 0.1) is 11.4 Å². The van der Waals surface area contributed by atoms with E-state index in [2.05, 4.69) is 0 Å². The van der Waals surface area contributed by atoms with Crippen molar-refractivity contribution in [3.63, 3.8) is 0 Å². The zero-order chi connectivity index (χ0) is 14.7. The molecule has 0 aliphatic carbocycles. The highest BCUT2D eigenvalue weighted by Gasteiger charge is 2.08. The standard InChI is InChI=1S/C15H13F2N3/c16-10-3-1-2-9(6-10)4-5-13(18)11-7-15(20)12(17)8-14(11)19/h1-8,18H,19-20H2/b5-4+,18-13?. The van der Waals surface area contributed by atoms with Crippen LogP contribution < -0.4 is 11.5 Å². The normalized spacial score (nSPS) is 10.9.